The summed E-state index contributed by atoms with van der Waals surface area (Å²) < 4.78 is 35.1. The summed E-state index contributed by atoms with van der Waals surface area (Å²) in [5.74, 6) is -0.713. The number of nitrogens with zero attached hydrogens (tertiary/aromatic N) is 2. The molecular formula is C48H98N2O8. The van der Waals surface area contributed by atoms with Gasteiger partial charge >= 0.3 is 5.97 Å². The Morgan fingerprint density at radius 3 is 0.879 bits per heavy atom. The lowest BCUT2D eigenvalue weighted by Crippen LogP contribution is -2.33. The first-order chi connectivity index (χ1) is 28.3. The van der Waals surface area contributed by atoms with Crippen molar-refractivity contribution in [3.63, 3.8) is 0 Å². The summed E-state index contributed by atoms with van der Waals surface area (Å²) in [7, 11) is 0. The number of carboxylic acid groups (broad SMARTS) is 1. The van der Waals surface area contributed by atoms with E-state index in [0.717, 1.165) is 137 Å². The molecule has 0 aromatic rings. The van der Waals surface area contributed by atoms with Gasteiger partial charge in [-0.2, -0.15) is 0 Å². The van der Waals surface area contributed by atoms with Crippen LogP contribution in [0.25, 0.3) is 0 Å². The zero-order valence-corrected chi connectivity index (χ0v) is 39.3. The van der Waals surface area contributed by atoms with Crippen LogP contribution in [0.15, 0.2) is 0 Å². The molecule has 10 nitrogen and oxygen atoms in total. The van der Waals surface area contributed by atoms with Crippen LogP contribution < -0.4 is 0 Å². The summed E-state index contributed by atoms with van der Waals surface area (Å²) in [4.78, 5) is 16.5. The van der Waals surface area contributed by atoms with Crippen molar-refractivity contribution in [1.82, 2.24) is 9.80 Å². The van der Waals surface area contributed by atoms with Gasteiger partial charge in [0.15, 0.2) is 18.9 Å². The number of hydrogen-bond acceptors (Lipinski definition) is 9. The monoisotopic (exact) mass is 831 g/mol. The molecule has 0 fully saturated rings. The van der Waals surface area contributed by atoms with Gasteiger partial charge in [0.05, 0.1) is 6.42 Å². The van der Waals surface area contributed by atoms with Gasteiger partial charge < -0.3 is 43.3 Å². The van der Waals surface area contributed by atoms with Crippen molar-refractivity contribution >= 4 is 5.97 Å². The van der Waals surface area contributed by atoms with Crippen LogP contribution >= 0.6 is 0 Å². The molecule has 58 heavy (non-hydrogen) atoms. The molecule has 0 aromatic heterocycles. The van der Waals surface area contributed by atoms with E-state index in [4.69, 9.17) is 28.4 Å². The van der Waals surface area contributed by atoms with Crippen LogP contribution in [0.2, 0.25) is 0 Å². The van der Waals surface area contributed by atoms with Gasteiger partial charge in [0.1, 0.15) is 0 Å². The molecule has 0 aliphatic heterocycles. The third-order valence-corrected chi connectivity index (χ3v) is 10.8. The molecule has 0 spiro atoms. The second-order valence-electron chi connectivity index (χ2n) is 16.5. The number of ether oxygens (including phenoxy) is 6. The van der Waals surface area contributed by atoms with E-state index in [-0.39, 0.29) is 25.3 Å². The minimum atomic E-state index is -0.713. The topological polar surface area (TPSA) is 99.2 Å². The zero-order chi connectivity index (χ0) is 42.6. The Hall–Kier alpha value is -0.850. The molecule has 0 saturated carbocycles. The van der Waals surface area contributed by atoms with E-state index in [9.17, 15) is 9.90 Å². The van der Waals surface area contributed by atoms with Crippen LogP contribution in [0.4, 0.5) is 0 Å². The Balaban J connectivity index is 4.59. The predicted molar refractivity (Wildman–Crippen MR) is 242 cm³/mol. The van der Waals surface area contributed by atoms with E-state index in [1.54, 1.807) is 0 Å². The maximum atomic E-state index is 11.5. The number of aliphatic carboxylic acids is 1. The molecule has 0 heterocycles. The van der Waals surface area contributed by atoms with Crippen molar-refractivity contribution in [2.24, 2.45) is 0 Å². The molecule has 3 unspecified atom stereocenters. The van der Waals surface area contributed by atoms with E-state index < -0.39 is 5.97 Å². The third-order valence-electron chi connectivity index (χ3n) is 10.8. The molecule has 0 rings (SSSR count). The Morgan fingerprint density at radius 1 is 0.362 bits per heavy atom. The summed E-state index contributed by atoms with van der Waals surface area (Å²) in [6, 6.07) is 0. The molecule has 0 saturated heterocycles. The van der Waals surface area contributed by atoms with Gasteiger partial charge in [-0.25, -0.2) is 0 Å². The van der Waals surface area contributed by atoms with Crippen LogP contribution in [-0.4, -0.2) is 119 Å². The fourth-order valence-corrected chi connectivity index (χ4v) is 7.04. The average Bonchev–Trinajstić information content (AvgIpc) is 3.20. The minimum absolute atomic E-state index is 0.116. The lowest BCUT2D eigenvalue weighted by Gasteiger charge is -2.26. The van der Waals surface area contributed by atoms with Gasteiger partial charge in [-0.1, -0.05) is 117 Å². The molecule has 0 amide bonds. The Bertz CT molecular complexity index is 791. The largest absolute Gasteiger partial charge is 0.481 e. The van der Waals surface area contributed by atoms with Crippen LogP contribution in [0.1, 0.15) is 208 Å². The first-order valence-electron chi connectivity index (χ1n) is 24.7. The molecule has 1 N–H and O–H groups in total. The van der Waals surface area contributed by atoms with E-state index in [0.29, 0.717) is 6.54 Å². The van der Waals surface area contributed by atoms with Gasteiger partial charge in [-0.3, -0.25) is 4.79 Å². The van der Waals surface area contributed by atoms with Crippen molar-refractivity contribution < 1.29 is 38.3 Å². The van der Waals surface area contributed by atoms with Gasteiger partial charge in [0, 0.05) is 46.2 Å². The number of hydrogen-bond donors (Lipinski definition) is 1. The zero-order valence-electron chi connectivity index (χ0n) is 39.3. The van der Waals surface area contributed by atoms with Crippen molar-refractivity contribution in [2.75, 3.05) is 78.9 Å². The second-order valence-corrected chi connectivity index (χ2v) is 16.5. The maximum absolute atomic E-state index is 11.5. The van der Waals surface area contributed by atoms with Crippen molar-refractivity contribution in [3.05, 3.63) is 0 Å². The second kappa shape index (κ2) is 45.7. The molecule has 0 aliphatic rings. The molecule has 348 valence electrons. The summed E-state index contributed by atoms with van der Waals surface area (Å²) in [5, 5.41) is 9.42. The molecule has 3 atom stereocenters. The third kappa shape index (κ3) is 43.2. The Morgan fingerprint density at radius 2 is 0.603 bits per heavy atom. The molecule has 0 aromatic carbocycles. The van der Waals surface area contributed by atoms with Crippen LogP contribution in [0, 0.1) is 0 Å². The Kier molecular flexibility index (Phi) is 45.0. The van der Waals surface area contributed by atoms with Crippen molar-refractivity contribution in [2.45, 2.75) is 227 Å². The van der Waals surface area contributed by atoms with Gasteiger partial charge in [-0.15, -0.1) is 0 Å². The molecule has 0 radical (unpaired) electrons. The quantitative estimate of drug-likeness (QED) is 0.0471. The predicted octanol–water partition coefficient (Wildman–Crippen LogP) is 12.0. The standard InChI is InChI=1S/C48H98N2O8/c1-7-10-13-25-39-53-45(4)56-42-28-19-16-22-33-49(34-23-17-20-29-43-57-46(5)54-40-26-14-11-8-2)36-31-37-50(38-32-48(51)52)35-24-18-21-30-44-58-47(6)55-41-27-15-12-9-3/h45-47H,7-44H2,1-6H3,(H,51,52). The smallest absolute Gasteiger partial charge is 0.304 e. The Labute approximate surface area is 359 Å². The first kappa shape index (κ1) is 57.1. The summed E-state index contributed by atoms with van der Waals surface area (Å²) in [5.41, 5.74) is 0. The summed E-state index contributed by atoms with van der Waals surface area (Å²) in [6.07, 6.45) is 29.2. The highest BCUT2D eigenvalue weighted by Crippen LogP contribution is 2.11. The van der Waals surface area contributed by atoms with Gasteiger partial charge in [0.2, 0.25) is 0 Å². The fourth-order valence-electron chi connectivity index (χ4n) is 7.04. The van der Waals surface area contributed by atoms with Crippen LogP contribution in [0.3, 0.4) is 0 Å². The summed E-state index contributed by atoms with van der Waals surface area (Å²) in [6.45, 7) is 23.2. The first-order valence-corrected chi connectivity index (χ1v) is 24.7. The number of rotatable bonds is 49. The summed E-state index contributed by atoms with van der Waals surface area (Å²) >= 11 is 0. The van der Waals surface area contributed by atoms with Crippen LogP contribution in [-0.2, 0) is 33.2 Å². The van der Waals surface area contributed by atoms with Crippen LogP contribution in [0.5, 0.6) is 0 Å². The highest BCUT2D eigenvalue weighted by Gasteiger charge is 2.11. The number of carboxylic acids is 1. The molecule has 0 aliphatic carbocycles. The van der Waals surface area contributed by atoms with Gasteiger partial charge in [0.25, 0.3) is 0 Å². The van der Waals surface area contributed by atoms with E-state index >= 15 is 0 Å². The molecular weight excluding hydrogens is 733 g/mol. The van der Waals surface area contributed by atoms with E-state index in [2.05, 4.69) is 30.6 Å². The maximum Gasteiger partial charge on any atom is 0.304 e. The molecule has 10 heteroatoms. The highest BCUT2D eigenvalue weighted by molar-refractivity contribution is 5.66. The normalized spacial score (nSPS) is 13.5. The SMILES string of the molecule is CCCCCCOC(C)OCCCCCCN(CCCCCCOC(C)OCCCCCC)CCCN(CCCCCCOC(C)OCCCCCC)CCC(=O)O. The number of carbonyl (C=O) groups is 1. The highest BCUT2D eigenvalue weighted by atomic mass is 16.7. The molecule has 0 bridgehead atoms. The average molecular weight is 831 g/mol. The van der Waals surface area contributed by atoms with E-state index in [1.807, 2.05) is 20.8 Å². The van der Waals surface area contributed by atoms with Crippen molar-refractivity contribution in [3.8, 4) is 0 Å². The lowest BCUT2D eigenvalue weighted by atomic mass is 10.1. The lowest BCUT2D eigenvalue weighted by molar-refractivity contribution is -0.137. The fraction of sp³-hybridized carbons (Fsp3) is 0.979. The number of unbranched alkanes of at least 4 members (excludes halogenated alkanes) is 18. The van der Waals surface area contributed by atoms with Gasteiger partial charge in [-0.05, 0) is 118 Å². The minimum Gasteiger partial charge on any atom is -0.481 e. The van der Waals surface area contributed by atoms with E-state index in [1.165, 1.54) is 96.3 Å². The van der Waals surface area contributed by atoms with Crippen molar-refractivity contribution in [1.29, 1.82) is 0 Å².